The van der Waals surface area contributed by atoms with E-state index in [1.165, 1.54) is 49.6 Å². The van der Waals surface area contributed by atoms with Gasteiger partial charge in [0.2, 0.25) is 0 Å². The van der Waals surface area contributed by atoms with E-state index >= 15 is 0 Å². The van der Waals surface area contributed by atoms with Crippen LogP contribution < -0.4 is 30.2 Å². The molecule has 170 valence electrons. The molecule has 4 rings (SSSR count). The molecule has 0 bridgehead atoms. The van der Waals surface area contributed by atoms with E-state index in [4.69, 9.17) is 16.3 Å². The van der Waals surface area contributed by atoms with Crippen molar-refractivity contribution in [2.45, 2.75) is 6.29 Å². The molecule has 0 radical (unpaired) electrons. The number of halogens is 3. The van der Waals surface area contributed by atoms with Crippen LogP contribution in [0.3, 0.4) is 0 Å². The van der Waals surface area contributed by atoms with Gasteiger partial charge in [0.05, 0.1) is 10.7 Å². The van der Waals surface area contributed by atoms with E-state index in [-0.39, 0.29) is 39.5 Å². The maximum absolute atomic E-state index is 13.1. The Morgan fingerprint density at radius 1 is 1.00 bits per heavy atom. The van der Waals surface area contributed by atoms with Gasteiger partial charge in [-0.05, 0) is 30.3 Å². The molecular weight excluding hydrogens is 462 g/mol. The number of benzene rings is 2. The van der Waals surface area contributed by atoms with Crippen LogP contribution >= 0.6 is 11.6 Å². The Labute approximate surface area is 190 Å². The zero-order valence-corrected chi connectivity index (χ0v) is 17.6. The SMILES string of the molecule is CNC(=O)c1cc(Oc2ccc(Cl)c(NC(=O)Nc3ccc4c(c3)OC(F)(F)O4)c2)ccn1. The Kier molecular flexibility index (Phi) is 5.88. The number of ether oxygens (including phenoxy) is 3. The van der Waals surface area contributed by atoms with Gasteiger partial charge >= 0.3 is 12.3 Å². The second kappa shape index (κ2) is 8.79. The average molecular weight is 477 g/mol. The second-order valence-electron chi connectivity index (χ2n) is 6.61. The van der Waals surface area contributed by atoms with Crippen molar-refractivity contribution in [1.29, 1.82) is 0 Å². The fourth-order valence-electron chi connectivity index (χ4n) is 2.84. The third-order valence-corrected chi connectivity index (χ3v) is 4.60. The van der Waals surface area contributed by atoms with Crippen LogP contribution in [0.15, 0.2) is 54.7 Å². The van der Waals surface area contributed by atoms with Crippen LogP contribution in [0.2, 0.25) is 5.02 Å². The van der Waals surface area contributed by atoms with Gasteiger partial charge in [-0.15, -0.1) is 8.78 Å². The van der Waals surface area contributed by atoms with Crippen molar-refractivity contribution in [3.8, 4) is 23.0 Å². The van der Waals surface area contributed by atoms with Crippen molar-refractivity contribution in [1.82, 2.24) is 10.3 Å². The molecule has 0 fully saturated rings. The summed E-state index contributed by atoms with van der Waals surface area (Å²) in [7, 11) is 1.48. The molecule has 0 atom stereocenters. The summed E-state index contributed by atoms with van der Waals surface area (Å²) in [4.78, 5) is 28.1. The molecule has 0 spiro atoms. The van der Waals surface area contributed by atoms with E-state index in [1.807, 2.05) is 0 Å². The summed E-state index contributed by atoms with van der Waals surface area (Å²) in [6.07, 6.45) is -2.34. The van der Waals surface area contributed by atoms with Crippen LogP contribution in [-0.2, 0) is 0 Å². The number of alkyl halides is 2. The molecule has 3 N–H and O–H groups in total. The molecule has 1 aliphatic heterocycles. The van der Waals surface area contributed by atoms with Gasteiger partial charge in [0, 0.05) is 37.1 Å². The number of rotatable bonds is 5. The standard InChI is InChI=1S/C21H15ClF2N4O5/c1-25-19(29)16-10-13(6-7-26-16)31-12-3-4-14(22)15(9-12)28-20(30)27-11-2-5-17-18(8-11)33-21(23,24)32-17/h2-10H,1H3,(H,25,29)(H2,27,28,30). The normalized spacial score (nSPS) is 13.2. The summed E-state index contributed by atoms with van der Waals surface area (Å²) in [6, 6.07) is 10.7. The number of nitrogens with zero attached hydrogens (tertiary/aromatic N) is 1. The zero-order valence-electron chi connectivity index (χ0n) is 16.8. The Balaban J connectivity index is 1.44. The summed E-state index contributed by atoms with van der Waals surface area (Å²) in [5, 5.41) is 7.73. The first kappa shape index (κ1) is 22.1. The number of carbonyl (C=O) groups excluding carboxylic acids is 2. The Morgan fingerprint density at radius 3 is 2.55 bits per heavy atom. The minimum Gasteiger partial charge on any atom is -0.457 e. The van der Waals surface area contributed by atoms with Crippen LogP contribution in [-0.4, -0.2) is 30.3 Å². The number of hydrogen-bond acceptors (Lipinski definition) is 6. The molecule has 3 amide bonds. The highest BCUT2D eigenvalue weighted by atomic mass is 35.5. The first-order chi connectivity index (χ1) is 15.7. The Morgan fingerprint density at radius 2 is 1.76 bits per heavy atom. The van der Waals surface area contributed by atoms with Crippen LogP contribution in [0.5, 0.6) is 23.0 Å². The van der Waals surface area contributed by atoms with E-state index in [0.717, 1.165) is 0 Å². The number of aromatic nitrogens is 1. The van der Waals surface area contributed by atoms with Gasteiger partial charge in [-0.2, -0.15) is 0 Å². The maximum Gasteiger partial charge on any atom is 0.586 e. The molecular formula is C21H15ClF2N4O5. The predicted octanol–water partition coefficient (Wildman–Crippen LogP) is 4.85. The minimum atomic E-state index is -3.76. The summed E-state index contributed by atoms with van der Waals surface area (Å²) in [6.45, 7) is 0. The molecule has 0 unspecified atom stereocenters. The lowest BCUT2D eigenvalue weighted by molar-refractivity contribution is -0.286. The van der Waals surface area contributed by atoms with E-state index in [0.29, 0.717) is 11.5 Å². The first-order valence-corrected chi connectivity index (χ1v) is 9.74. The van der Waals surface area contributed by atoms with Gasteiger partial charge < -0.3 is 30.2 Å². The Bertz CT molecular complexity index is 1240. The number of amides is 3. The van der Waals surface area contributed by atoms with Gasteiger partial charge in [-0.1, -0.05) is 11.6 Å². The number of anilines is 2. The fraction of sp³-hybridized carbons (Fsp3) is 0.0952. The third kappa shape index (κ3) is 5.21. The van der Waals surface area contributed by atoms with Crippen molar-refractivity contribution in [3.05, 3.63) is 65.4 Å². The summed E-state index contributed by atoms with van der Waals surface area (Å²) >= 11 is 6.16. The first-order valence-electron chi connectivity index (χ1n) is 9.36. The van der Waals surface area contributed by atoms with Gasteiger partial charge in [0.15, 0.2) is 11.5 Å². The number of fused-ring (bicyclic) bond motifs is 1. The fourth-order valence-corrected chi connectivity index (χ4v) is 3.00. The van der Waals surface area contributed by atoms with E-state index < -0.39 is 12.3 Å². The lowest BCUT2D eigenvalue weighted by Crippen LogP contribution is -2.25. The topological polar surface area (TPSA) is 111 Å². The smallest absolute Gasteiger partial charge is 0.457 e. The lowest BCUT2D eigenvalue weighted by atomic mass is 10.2. The molecule has 0 aliphatic carbocycles. The van der Waals surface area contributed by atoms with Gasteiger partial charge in [0.25, 0.3) is 5.91 Å². The van der Waals surface area contributed by atoms with E-state index in [2.05, 4.69) is 30.4 Å². The van der Waals surface area contributed by atoms with Crippen LogP contribution in [0.1, 0.15) is 10.5 Å². The highest BCUT2D eigenvalue weighted by Gasteiger charge is 2.43. The molecule has 12 heteroatoms. The maximum atomic E-state index is 13.1. The third-order valence-electron chi connectivity index (χ3n) is 4.27. The predicted molar refractivity (Wildman–Crippen MR) is 114 cm³/mol. The monoisotopic (exact) mass is 476 g/mol. The van der Waals surface area contributed by atoms with Gasteiger partial charge in [-0.3, -0.25) is 9.78 Å². The van der Waals surface area contributed by atoms with Crippen molar-refractivity contribution in [2.24, 2.45) is 0 Å². The van der Waals surface area contributed by atoms with E-state index in [1.54, 1.807) is 12.1 Å². The molecule has 2 heterocycles. The lowest BCUT2D eigenvalue weighted by Gasteiger charge is -2.12. The van der Waals surface area contributed by atoms with Crippen LogP contribution in [0.25, 0.3) is 0 Å². The van der Waals surface area contributed by atoms with E-state index in [9.17, 15) is 18.4 Å². The largest absolute Gasteiger partial charge is 0.586 e. The number of carbonyl (C=O) groups is 2. The number of pyridine rings is 1. The summed E-state index contributed by atoms with van der Waals surface area (Å²) in [5.41, 5.74) is 0.581. The average Bonchev–Trinajstić information content (AvgIpc) is 3.08. The molecule has 1 aromatic heterocycles. The van der Waals surface area contributed by atoms with Crippen molar-refractivity contribution >= 4 is 34.9 Å². The molecule has 1 aliphatic rings. The highest BCUT2D eigenvalue weighted by molar-refractivity contribution is 6.33. The van der Waals surface area contributed by atoms with Gasteiger partial charge in [-0.25, -0.2) is 4.79 Å². The second-order valence-corrected chi connectivity index (χ2v) is 7.01. The Hall–Kier alpha value is -4.12. The number of urea groups is 1. The van der Waals surface area contributed by atoms with Crippen molar-refractivity contribution in [2.75, 3.05) is 17.7 Å². The number of hydrogen-bond donors (Lipinski definition) is 3. The minimum absolute atomic E-state index is 0.144. The molecule has 9 nitrogen and oxygen atoms in total. The van der Waals surface area contributed by atoms with Crippen LogP contribution in [0, 0.1) is 0 Å². The van der Waals surface area contributed by atoms with Crippen molar-refractivity contribution < 1.29 is 32.6 Å². The van der Waals surface area contributed by atoms with Crippen LogP contribution in [0.4, 0.5) is 25.0 Å². The zero-order chi connectivity index (χ0) is 23.6. The highest BCUT2D eigenvalue weighted by Crippen LogP contribution is 2.42. The molecule has 0 saturated carbocycles. The molecule has 3 aromatic rings. The molecule has 0 saturated heterocycles. The summed E-state index contributed by atoms with van der Waals surface area (Å²) < 4.78 is 40.7. The van der Waals surface area contributed by atoms with Crippen molar-refractivity contribution in [3.63, 3.8) is 0 Å². The number of nitrogens with one attached hydrogen (secondary N) is 3. The quantitative estimate of drug-likeness (QED) is 0.485. The van der Waals surface area contributed by atoms with Gasteiger partial charge in [0.1, 0.15) is 17.2 Å². The molecule has 2 aromatic carbocycles. The molecule has 33 heavy (non-hydrogen) atoms. The summed E-state index contributed by atoms with van der Waals surface area (Å²) in [5.74, 6) is -0.0513.